The van der Waals surface area contributed by atoms with E-state index in [2.05, 4.69) is 20.4 Å². The van der Waals surface area contributed by atoms with E-state index in [0.717, 1.165) is 31.7 Å². The maximum absolute atomic E-state index is 11.9. The van der Waals surface area contributed by atoms with Gasteiger partial charge in [0.15, 0.2) is 5.82 Å². The van der Waals surface area contributed by atoms with Crippen molar-refractivity contribution in [3.63, 3.8) is 0 Å². The first-order valence-electron chi connectivity index (χ1n) is 6.80. The third-order valence-corrected chi connectivity index (χ3v) is 3.39. The molecular weight excluding hydrogens is 240 g/mol. The Morgan fingerprint density at radius 1 is 1.37 bits per heavy atom. The average Bonchev–Trinajstić information content (AvgIpc) is 2.39. The van der Waals surface area contributed by atoms with E-state index < -0.39 is 0 Å². The molecule has 5 heteroatoms. The molecule has 1 aromatic heterocycles. The zero-order chi connectivity index (χ0) is 13.9. The SMILES string of the molecule is CC(C)(C)C(=O)NC1CCN(c2cccnn2)CC1. The van der Waals surface area contributed by atoms with Gasteiger partial charge in [0.1, 0.15) is 0 Å². The molecule has 0 saturated carbocycles. The average molecular weight is 262 g/mol. The highest BCUT2D eigenvalue weighted by atomic mass is 16.2. The Hall–Kier alpha value is -1.65. The molecule has 0 radical (unpaired) electrons. The van der Waals surface area contributed by atoms with Crippen LogP contribution in [-0.2, 0) is 4.79 Å². The van der Waals surface area contributed by atoms with Crippen molar-refractivity contribution < 1.29 is 4.79 Å². The fourth-order valence-electron chi connectivity index (χ4n) is 2.12. The van der Waals surface area contributed by atoms with Crippen LogP contribution in [-0.4, -0.2) is 35.2 Å². The number of carbonyl (C=O) groups excluding carboxylic acids is 1. The Bertz CT molecular complexity index is 419. The molecule has 1 saturated heterocycles. The van der Waals surface area contributed by atoms with Gasteiger partial charge in [-0.3, -0.25) is 4.79 Å². The summed E-state index contributed by atoms with van der Waals surface area (Å²) in [7, 11) is 0. The zero-order valence-corrected chi connectivity index (χ0v) is 11.9. The zero-order valence-electron chi connectivity index (χ0n) is 11.9. The summed E-state index contributed by atoms with van der Waals surface area (Å²) in [5.74, 6) is 1.05. The lowest BCUT2D eigenvalue weighted by Crippen LogP contribution is -2.47. The van der Waals surface area contributed by atoms with Gasteiger partial charge in [-0.1, -0.05) is 20.8 Å². The molecule has 0 bridgehead atoms. The first kappa shape index (κ1) is 13.8. The maximum Gasteiger partial charge on any atom is 0.225 e. The Kier molecular flexibility index (Phi) is 4.02. The number of nitrogens with zero attached hydrogens (tertiary/aromatic N) is 3. The summed E-state index contributed by atoms with van der Waals surface area (Å²) >= 11 is 0. The van der Waals surface area contributed by atoms with E-state index in [1.54, 1.807) is 6.20 Å². The highest BCUT2D eigenvalue weighted by molar-refractivity contribution is 5.81. The quantitative estimate of drug-likeness (QED) is 0.879. The van der Waals surface area contributed by atoms with Crippen LogP contribution >= 0.6 is 0 Å². The predicted octanol–water partition coefficient (Wildman–Crippen LogP) is 1.61. The summed E-state index contributed by atoms with van der Waals surface area (Å²) < 4.78 is 0. The second kappa shape index (κ2) is 5.55. The van der Waals surface area contributed by atoms with Crippen molar-refractivity contribution in [2.45, 2.75) is 39.7 Å². The summed E-state index contributed by atoms with van der Waals surface area (Å²) in [6.07, 6.45) is 3.59. The van der Waals surface area contributed by atoms with E-state index in [0.29, 0.717) is 0 Å². The third-order valence-electron chi connectivity index (χ3n) is 3.39. The van der Waals surface area contributed by atoms with Gasteiger partial charge in [0.25, 0.3) is 0 Å². The first-order valence-corrected chi connectivity index (χ1v) is 6.80. The van der Waals surface area contributed by atoms with Crippen LogP contribution in [0.5, 0.6) is 0 Å². The smallest absolute Gasteiger partial charge is 0.225 e. The van der Waals surface area contributed by atoms with Gasteiger partial charge in [-0.25, -0.2) is 0 Å². The van der Waals surface area contributed by atoms with Crippen molar-refractivity contribution in [1.82, 2.24) is 15.5 Å². The van der Waals surface area contributed by atoms with Crippen molar-refractivity contribution >= 4 is 11.7 Å². The number of hydrogen-bond donors (Lipinski definition) is 1. The minimum atomic E-state index is -0.317. The van der Waals surface area contributed by atoms with Crippen molar-refractivity contribution in [2.75, 3.05) is 18.0 Å². The fourth-order valence-corrected chi connectivity index (χ4v) is 2.12. The second-order valence-electron chi connectivity index (χ2n) is 6.07. The van der Waals surface area contributed by atoms with E-state index in [4.69, 9.17) is 0 Å². The van der Waals surface area contributed by atoms with Crippen LogP contribution in [0.15, 0.2) is 18.3 Å². The van der Waals surface area contributed by atoms with E-state index >= 15 is 0 Å². The number of piperidine rings is 1. The number of amides is 1. The van der Waals surface area contributed by atoms with Crippen LogP contribution in [0.3, 0.4) is 0 Å². The van der Waals surface area contributed by atoms with E-state index in [1.807, 2.05) is 32.9 Å². The molecule has 1 aliphatic heterocycles. The van der Waals surface area contributed by atoms with Gasteiger partial charge in [0.05, 0.1) is 0 Å². The van der Waals surface area contributed by atoms with Gasteiger partial charge in [-0.05, 0) is 25.0 Å². The van der Waals surface area contributed by atoms with Gasteiger partial charge in [-0.15, -0.1) is 5.10 Å². The topological polar surface area (TPSA) is 58.1 Å². The molecule has 1 aromatic rings. The Labute approximate surface area is 114 Å². The molecule has 1 fully saturated rings. The molecule has 0 aromatic carbocycles. The van der Waals surface area contributed by atoms with Crippen LogP contribution in [0.2, 0.25) is 0 Å². The molecule has 2 rings (SSSR count). The molecule has 0 spiro atoms. The third kappa shape index (κ3) is 3.66. The molecule has 0 aliphatic carbocycles. The molecule has 5 nitrogen and oxygen atoms in total. The molecule has 104 valence electrons. The lowest BCUT2D eigenvalue weighted by atomic mass is 9.94. The Morgan fingerprint density at radius 2 is 2.05 bits per heavy atom. The van der Waals surface area contributed by atoms with Crippen molar-refractivity contribution in [3.05, 3.63) is 18.3 Å². The molecule has 19 heavy (non-hydrogen) atoms. The summed E-state index contributed by atoms with van der Waals surface area (Å²) in [4.78, 5) is 14.2. The van der Waals surface area contributed by atoms with Crippen molar-refractivity contribution in [3.8, 4) is 0 Å². The van der Waals surface area contributed by atoms with Crippen LogP contribution in [0.1, 0.15) is 33.6 Å². The highest BCUT2D eigenvalue weighted by Crippen LogP contribution is 2.19. The second-order valence-corrected chi connectivity index (χ2v) is 6.07. The first-order chi connectivity index (χ1) is 8.97. The van der Waals surface area contributed by atoms with Gasteiger partial charge in [0.2, 0.25) is 5.91 Å². The lowest BCUT2D eigenvalue weighted by Gasteiger charge is -2.34. The van der Waals surface area contributed by atoms with Crippen LogP contribution in [0.25, 0.3) is 0 Å². The number of aromatic nitrogens is 2. The van der Waals surface area contributed by atoms with Gasteiger partial charge >= 0.3 is 0 Å². The van der Waals surface area contributed by atoms with Crippen LogP contribution < -0.4 is 10.2 Å². The molecule has 0 atom stereocenters. The highest BCUT2D eigenvalue weighted by Gasteiger charge is 2.26. The molecular formula is C14H22N4O. The fraction of sp³-hybridized carbons (Fsp3) is 0.643. The van der Waals surface area contributed by atoms with Crippen LogP contribution in [0.4, 0.5) is 5.82 Å². The minimum Gasteiger partial charge on any atom is -0.355 e. The molecule has 1 aliphatic rings. The largest absolute Gasteiger partial charge is 0.355 e. The molecule has 2 heterocycles. The number of rotatable bonds is 2. The number of carbonyl (C=O) groups is 1. The normalized spacial score (nSPS) is 17.3. The molecule has 1 N–H and O–H groups in total. The maximum atomic E-state index is 11.9. The monoisotopic (exact) mass is 262 g/mol. The van der Waals surface area contributed by atoms with E-state index in [9.17, 15) is 4.79 Å². The van der Waals surface area contributed by atoms with Gasteiger partial charge in [-0.2, -0.15) is 5.10 Å². The minimum absolute atomic E-state index is 0.130. The Balaban J connectivity index is 1.85. The summed E-state index contributed by atoms with van der Waals surface area (Å²) in [5.41, 5.74) is -0.317. The number of anilines is 1. The standard InChI is InChI=1S/C14H22N4O/c1-14(2,3)13(19)16-11-6-9-18(10-7-11)12-5-4-8-15-17-12/h4-5,8,11H,6-7,9-10H2,1-3H3,(H,16,19). The Morgan fingerprint density at radius 3 is 2.58 bits per heavy atom. The van der Waals surface area contributed by atoms with E-state index in [-0.39, 0.29) is 17.4 Å². The van der Waals surface area contributed by atoms with Gasteiger partial charge in [0, 0.05) is 30.7 Å². The summed E-state index contributed by atoms with van der Waals surface area (Å²) in [5, 5.41) is 11.1. The summed E-state index contributed by atoms with van der Waals surface area (Å²) in [6, 6.07) is 4.15. The van der Waals surface area contributed by atoms with Crippen molar-refractivity contribution in [1.29, 1.82) is 0 Å². The number of nitrogens with one attached hydrogen (secondary N) is 1. The van der Waals surface area contributed by atoms with Crippen molar-refractivity contribution in [2.24, 2.45) is 5.41 Å². The van der Waals surface area contributed by atoms with E-state index in [1.165, 1.54) is 0 Å². The van der Waals surface area contributed by atoms with Gasteiger partial charge < -0.3 is 10.2 Å². The lowest BCUT2D eigenvalue weighted by molar-refractivity contribution is -0.129. The summed E-state index contributed by atoms with van der Waals surface area (Å²) in [6.45, 7) is 7.65. The molecule has 1 amide bonds. The molecule has 0 unspecified atom stereocenters. The predicted molar refractivity (Wildman–Crippen MR) is 74.9 cm³/mol. The number of hydrogen-bond acceptors (Lipinski definition) is 4. The van der Waals surface area contributed by atoms with Crippen LogP contribution in [0, 0.1) is 5.41 Å².